The first-order chi connectivity index (χ1) is 9.66. The van der Waals surface area contributed by atoms with Gasteiger partial charge in [0.05, 0.1) is 0 Å². The van der Waals surface area contributed by atoms with E-state index in [1.54, 1.807) is 20.2 Å². The third-order valence-corrected chi connectivity index (χ3v) is 15.5. The Morgan fingerprint density at radius 1 is 0.739 bits per heavy atom. The van der Waals surface area contributed by atoms with Crippen molar-refractivity contribution in [3.63, 3.8) is 0 Å². The zero-order valence-corrected chi connectivity index (χ0v) is 23.1. The molecule has 3 atom stereocenters. The van der Waals surface area contributed by atoms with Gasteiger partial charge in [0.15, 0.2) is 0 Å². The van der Waals surface area contributed by atoms with Gasteiger partial charge in [-0.25, -0.2) is 0 Å². The minimum Gasteiger partial charge on any atom is -0.693 e. The maximum atomic E-state index is 10.2. The second-order valence-electron chi connectivity index (χ2n) is 4.34. The molecular formula is C7H28NO9ReSi5-. The van der Waals surface area contributed by atoms with Gasteiger partial charge >= 0.3 is 26.4 Å². The van der Waals surface area contributed by atoms with Crippen molar-refractivity contribution in [2.45, 2.75) is 19.6 Å². The predicted octanol–water partition coefficient (Wildman–Crippen LogP) is -0.951. The molecule has 0 rings (SSSR count). The fourth-order valence-electron chi connectivity index (χ4n) is 1.28. The van der Waals surface area contributed by atoms with E-state index in [1.165, 1.54) is 27.9 Å². The third-order valence-electron chi connectivity index (χ3n) is 2.37. The van der Waals surface area contributed by atoms with Gasteiger partial charge in [-0.15, -0.1) is 0 Å². The van der Waals surface area contributed by atoms with Crippen molar-refractivity contribution in [2.24, 2.45) is 0 Å². The third kappa shape index (κ3) is 12.4. The molecule has 3 unspecified atom stereocenters. The summed E-state index contributed by atoms with van der Waals surface area (Å²) in [7, 11) is -5.99. The van der Waals surface area contributed by atoms with Crippen LogP contribution in [0.15, 0.2) is 0 Å². The van der Waals surface area contributed by atoms with Gasteiger partial charge < -0.3 is 45.1 Å². The van der Waals surface area contributed by atoms with Crippen LogP contribution in [-0.4, -0.2) is 79.7 Å². The molecule has 3 N–H and O–H groups in total. The Hall–Kier alpha value is 1.35. The van der Waals surface area contributed by atoms with Crippen LogP contribution in [0.2, 0.25) is 19.6 Å². The van der Waals surface area contributed by atoms with Crippen molar-refractivity contribution >= 4 is 46.4 Å². The van der Waals surface area contributed by atoms with Crippen molar-refractivity contribution < 1.29 is 59.4 Å². The molecule has 16 heteroatoms. The van der Waals surface area contributed by atoms with Gasteiger partial charge in [0, 0.05) is 68.5 Å². The second-order valence-corrected chi connectivity index (χ2v) is 16.0. The number of nitrogens with two attached hydrogens (primary N) is 1. The molecule has 0 fully saturated rings. The fourth-order valence-corrected chi connectivity index (χ4v) is 12.9. The van der Waals surface area contributed by atoms with Gasteiger partial charge in [-0.2, -0.15) is 0 Å². The first kappa shape index (κ1) is 29.1. The Morgan fingerprint density at radius 2 is 1.17 bits per heavy atom. The van der Waals surface area contributed by atoms with E-state index in [0.29, 0.717) is 0 Å². The number of hydrogen-bond acceptors (Lipinski definition) is 9. The van der Waals surface area contributed by atoms with Crippen LogP contribution in [0.3, 0.4) is 0 Å². The molecule has 0 aromatic rings. The van der Waals surface area contributed by atoms with Crippen molar-refractivity contribution in [1.82, 2.24) is 0 Å². The fraction of sp³-hybridized carbons (Fsp3) is 1.00. The van der Waals surface area contributed by atoms with Gasteiger partial charge in [0.1, 0.15) is 0 Å². The SMILES string of the molecule is CO[SiH2]O[Si](C)(O)O[Si](C)(OC)O[Si](C)(OC)O[SiH2]OC.[NH2-].[Re]. The molecule has 0 saturated heterocycles. The van der Waals surface area contributed by atoms with Crippen LogP contribution >= 0.6 is 0 Å². The zero-order chi connectivity index (χ0) is 16.6. The Labute approximate surface area is 159 Å². The molecule has 0 aliphatic rings. The molecule has 0 amide bonds. The van der Waals surface area contributed by atoms with Crippen LogP contribution in [0.1, 0.15) is 0 Å². The minimum atomic E-state index is -3.38. The smallest absolute Gasteiger partial charge is 0.482 e. The first-order valence-electron chi connectivity index (χ1n) is 6.14. The monoisotopic (exact) mass is 597 g/mol. The zero-order valence-electron chi connectivity index (χ0n) is 14.6. The van der Waals surface area contributed by atoms with E-state index in [0.717, 1.165) is 0 Å². The van der Waals surface area contributed by atoms with Gasteiger partial charge in [0.2, 0.25) is 0 Å². The van der Waals surface area contributed by atoms with Crippen LogP contribution in [-0.2, 0) is 54.6 Å². The molecule has 0 aliphatic heterocycles. The van der Waals surface area contributed by atoms with Crippen molar-refractivity contribution in [2.75, 3.05) is 28.4 Å². The van der Waals surface area contributed by atoms with E-state index >= 15 is 0 Å². The predicted molar refractivity (Wildman–Crippen MR) is 91.8 cm³/mol. The minimum absolute atomic E-state index is 0. The Balaban J connectivity index is -0.00000200. The summed E-state index contributed by atoms with van der Waals surface area (Å²) in [4.78, 5) is 10.2. The van der Waals surface area contributed by atoms with Crippen molar-refractivity contribution in [3.05, 3.63) is 6.15 Å². The molecule has 0 bridgehead atoms. The van der Waals surface area contributed by atoms with Gasteiger partial charge in [-0.05, 0) is 0 Å². The quantitative estimate of drug-likeness (QED) is 0.284. The summed E-state index contributed by atoms with van der Waals surface area (Å²) in [6.07, 6.45) is 0. The molecule has 23 heavy (non-hydrogen) atoms. The van der Waals surface area contributed by atoms with Crippen LogP contribution in [0.4, 0.5) is 0 Å². The molecule has 0 saturated carbocycles. The molecule has 0 spiro atoms. The summed E-state index contributed by atoms with van der Waals surface area (Å²) in [5.41, 5.74) is 0. The average molecular weight is 597 g/mol. The average Bonchev–Trinajstić information content (AvgIpc) is 2.42. The van der Waals surface area contributed by atoms with E-state index in [9.17, 15) is 4.80 Å². The number of rotatable bonds is 12. The largest absolute Gasteiger partial charge is 0.693 e. The van der Waals surface area contributed by atoms with Gasteiger partial charge in [0.25, 0.3) is 20.0 Å². The van der Waals surface area contributed by atoms with Gasteiger partial charge in [-0.1, -0.05) is 0 Å². The molecular weight excluding hydrogens is 569 g/mol. The Kier molecular flexibility index (Phi) is 17.1. The molecule has 143 valence electrons. The standard InChI is InChI=1S/C7H26O9Si5.H2N.Re/c1-9-17-13-19(5,8)15-21(7,12-4)16-20(6,11-3)14-18-10-2;;/h8H,17-18H2,1-7H3;1H2;/q;-1;. The van der Waals surface area contributed by atoms with E-state index < -0.39 is 46.4 Å². The molecule has 10 nitrogen and oxygen atoms in total. The summed E-state index contributed by atoms with van der Waals surface area (Å²) < 4.78 is 42.9. The van der Waals surface area contributed by atoms with E-state index in [4.69, 9.17) is 34.2 Å². The van der Waals surface area contributed by atoms with Crippen LogP contribution in [0, 0.1) is 0 Å². The van der Waals surface area contributed by atoms with E-state index in [1.807, 2.05) is 0 Å². The normalized spacial score (nSPS) is 19.8. The summed E-state index contributed by atoms with van der Waals surface area (Å²) in [5, 5.41) is 0. The summed E-state index contributed by atoms with van der Waals surface area (Å²) >= 11 is 0. The van der Waals surface area contributed by atoms with E-state index in [-0.39, 0.29) is 26.6 Å². The Bertz CT molecular complexity index is 309. The summed E-state index contributed by atoms with van der Waals surface area (Å²) in [6, 6.07) is 0. The first-order valence-corrected chi connectivity index (χ1v) is 15.2. The molecule has 0 aliphatic carbocycles. The van der Waals surface area contributed by atoms with Gasteiger partial charge in [-0.3, -0.25) is 0 Å². The molecule has 0 aromatic carbocycles. The molecule has 0 aromatic heterocycles. The van der Waals surface area contributed by atoms with Crippen LogP contribution in [0.5, 0.6) is 0 Å². The summed E-state index contributed by atoms with van der Waals surface area (Å²) in [5.74, 6) is 0. The summed E-state index contributed by atoms with van der Waals surface area (Å²) in [6.45, 7) is 4.85. The maximum Gasteiger partial charge on any atom is 0.482 e. The van der Waals surface area contributed by atoms with Crippen molar-refractivity contribution in [3.8, 4) is 0 Å². The second kappa shape index (κ2) is 13.5. The molecule has 1 radical (unpaired) electrons. The maximum absolute atomic E-state index is 10.2. The Morgan fingerprint density at radius 3 is 1.57 bits per heavy atom. The van der Waals surface area contributed by atoms with Crippen LogP contribution < -0.4 is 0 Å². The topological polar surface area (TPSA) is 128 Å². The number of hydrogen-bond donors (Lipinski definition) is 1. The van der Waals surface area contributed by atoms with Crippen molar-refractivity contribution in [1.29, 1.82) is 0 Å². The van der Waals surface area contributed by atoms with Crippen LogP contribution in [0.25, 0.3) is 6.15 Å². The molecule has 0 heterocycles. The van der Waals surface area contributed by atoms with E-state index in [2.05, 4.69) is 0 Å².